The molecule has 1 aliphatic rings. The standard InChI is InChI=1S/C23H29N5O4S/c1-31-20-7-9-22(10-8-20)33(29,30)28-15-13-26(14-16-28)11-4-12-27-18-23(24-25-27)19-5-3-6-21(17-19)32-2/h3,5-10,17-18H,4,11-16H2,1-2H3. The van der Waals surface area contributed by atoms with Crippen LogP contribution in [0.1, 0.15) is 6.42 Å². The summed E-state index contributed by atoms with van der Waals surface area (Å²) in [6.45, 7) is 4.02. The number of hydrogen-bond acceptors (Lipinski definition) is 7. The minimum absolute atomic E-state index is 0.301. The molecule has 0 saturated carbocycles. The SMILES string of the molecule is COc1ccc(S(=O)(=O)N2CCN(CCCn3cc(-c4cccc(OC)c4)nn3)CC2)cc1. The Morgan fingerprint density at radius 2 is 1.64 bits per heavy atom. The summed E-state index contributed by atoms with van der Waals surface area (Å²) in [4.78, 5) is 2.59. The van der Waals surface area contributed by atoms with Crippen LogP contribution in [-0.4, -0.2) is 79.6 Å². The highest BCUT2D eigenvalue weighted by molar-refractivity contribution is 7.89. The Bertz CT molecular complexity index is 1160. The van der Waals surface area contributed by atoms with E-state index in [1.165, 1.54) is 0 Å². The molecule has 33 heavy (non-hydrogen) atoms. The van der Waals surface area contributed by atoms with Crippen LogP contribution in [0.4, 0.5) is 0 Å². The lowest BCUT2D eigenvalue weighted by atomic mass is 10.1. The van der Waals surface area contributed by atoms with E-state index in [0.717, 1.165) is 36.5 Å². The van der Waals surface area contributed by atoms with Crippen LogP contribution in [-0.2, 0) is 16.6 Å². The molecule has 1 fully saturated rings. The van der Waals surface area contributed by atoms with Crippen LogP contribution < -0.4 is 9.47 Å². The van der Waals surface area contributed by atoms with Crippen molar-refractivity contribution < 1.29 is 17.9 Å². The van der Waals surface area contributed by atoms with E-state index in [1.807, 2.05) is 35.1 Å². The number of methoxy groups -OCH3 is 2. The van der Waals surface area contributed by atoms with Crippen LogP contribution in [0.25, 0.3) is 11.3 Å². The summed E-state index contributed by atoms with van der Waals surface area (Å²) >= 11 is 0. The van der Waals surface area contributed by atoms with Gasteiger partial charge in [-0.25, -0.2) is 8.42 Å². The Morgan fingerprint density at radius 1 is 0.909 bits per heavy atom. The summed E-state index contributed by atoms with van der Waals surface area (Å²) in [6.07, 6.45) is 2.85. The number of hydrogen-bond donors (Lipinski definition) is 0. The maximum absolute atomic E-state index is 12.9. The molecule has 2 aromatic carbocycles. The summed E-state index contributed by atoms with van der Waals surface area (Å²) in [5.41, 5.74) is 1.78. The van der Waals surface area contributed by atoms with Crippen LogP contribution >= 0.6 is 0 Å². The Hall–Kier alpha value is -2.95. The number of rotatable bonds is 9. The first-order valence-corrected chi connectivity index (χ1v) is 12.3. The molecule has 1 aromatic heterocycles. The highest BCUT2D eigenvalue weighted by atomic mass is 32.2. The largest absolute Gasteiger partial charge is 0.497 e. The lowest BCUT2D eigenvalue weighted by molar-refractivity contribution is 0.183. The molecule has 2 heterocycles. The average molecular weight is 472 g/mol. The second-order valence-corrected chi connectivity index (χ2v) is 9.81. The van der Waals surface area contributed by atoms with Gasteiger partial charge in [0.15, 0.2) is 0 Å². The van der Waals surface area contributed by atoms with Crippen LogP contribution in [0.3, 0.4) is 0 Å². The highest BCUT2D eigenvalue weighted by Crippen LogP contribution is 2.22. The molecule has 0 radical (unpaired) electrons. The van der Waals surface area contributed by atoms with Gasteiger partial charge in [0.1, 0.15) is 17.2 Å². The summed E-state index contributed by atoms with van der Waals surface area (Å²) < 4.78 is 39.6. The van der Waals surface area contributed by atoms with Gasteiger partial charge in [0.25, 0.3) is 0 Å². The van der Waals surface area contributed by atoms with Gasteiger partial charge in [-0.15, -0.1) is 5.10 Å². The first kappa shape index (κ1) is 23.2. The van der Waals surface area contributed by atoms with Crippen molar-refractivity contribution in [2.24, 2.45) is 0 Å². The Labute approximate surface area is 194 Å². The van der Waals surface area contributed by atoms with E-state index in [4.69, 9.17) is 9.47 Å². The fourth-order valence-electron chi connectivity index (χ4n) is 3.87. The Kier molecular flexibility index (Phi) is 7.26. The first-order valence-electron chi connectivity index (χ1n) is 10.9. The summed E-state index contributed by atoms with van der Waals surface area (Å²) in [7, 11) is -0.279. The average Bonchev–Trinajstić information content (AvgIpc) is 3.33. The van der Waals surface area contributed by atoms with Crippen molar-refractivity contribution in [3.05, 3.63) is 54.7 Å². The number of aryl methyl sites for hydroxylation is 1. The number of piperazine rings is 1. The van der Waals surface area contributed by atoms with Crippen molar-refractivity contribution in [3.63, 3.8) is 0 Å². The topological polar surface area (TPSA) is 89.8 Å². The molecule has 0 amide bonds. The van der Waals surface area contributed by atoms with Crippen LogP contribution in [0.15, 0.2) is 59.6 Å². The number of aromatic nitrogens is 3. The van der Waals surface area contributed by atoms with Gasteiger partial charge in [-0.1, -0.05) is 17.3 Å². The Morgan fingerprint density at radius 3 is 2.33 bits per heavy atom. The Balaban J connectivity index is 1.25. The van der Waals surface area contributed by atoms with Gasteiger partial charge in [-0.3, -0.25) is 4.68 Å². The third kappa shape index (κ3) is 5.52. The smallest absolute Gasteiger partial charge is 0.243 e. The fraction of sp³-hybridized carbons (Fsp3) is 0.391. The monoisotopic (exact) mass is 471 g/mol. The van der Waals surface area contributed by atoms with E-state index in [1.54, 1.807) is 42.8 Å². The lowest BCUT2D eigenvalue weighted by Gasteiger charge is -2.34. The van der Waals surface area contributed by atoms with Gasteiger partial charge < -0.3 is 14.4 Å². The number of sulfonamides is 1. The zero-order chi connectivity index (χ0) is 23.3. The summed E-state index contributed by atoms with van der Waals surface area (Å²) in [5, 5.41) is 8.50. The van der Waals surface area contributed by atoms with Crippen molar-refractivity contribution in [2.45, 2.75) is 17.9 Å². The van der Waals surface area contributed by atoms with Crippen LogP contribution in [0, 0.1) is 0 Å². The molecule has 0 atom stereocenters. The lowest BCUT2D eigenvalue weighted by Crippen LogP contribution is -2.48. The normalized spacial score (nSPS) is 15.5. The van der Waals surface area contributed by atoms with Gasteiger partial charge in [-0.2, -0.15) is 4.31 Å². The zero-order valence-electron chi connectivity index (χ0n) is 18.9. The number of nitrogens with zero attached hydrogens (tertiary/aromatic N) is 5. The maximum atomic E-state index is 12.9. The van der Waals surface area contributed by atoms with E-state index < -0.39 is 10.0 Å². The third-order valence-electron chi connectivity index (χ3n) is 5.79. The van der Waals surface area contributed by atoms with Gasteiger partial charge in [0.05, 0.1) is 25.3 Å². The molecule has 0 N–H and O–H groups in total. The zero-order valence-corrected chi connectivity index (χ0v) is 19.7. The van der Waals surface area contributed by atoms with Gasteiger partial charge in [0, 0.05) is 44.8 Å². The second-order valence-electron chi connectivity index (χ2n) is 7.87. The molecule has 3 aromatic rings. The molecule has 0 unspecified atom stereocenters. The molecule has 0 spiro atoms. The fourth-order valence-corrected chi connectivity index (χ4v) is 5.29. The molecule has 9 nitrogen and oxygen atoms in total. The molecule has 0 bridgehead atoms. The molecule has 176 valence electrons. The highest BCUT2D eigenvalue weighted by Gasteiger charge is 2.28. The van der Waals surface area contributed by atoms with Crippen LogP contribution in [0.2, 0.25) is 0 Å². The predicted octanol–water partition coefficient (Wildman–Crippen LogP) is 2.36. The molecule has 0 aliphatic carbocycles. The minimum atomic E-state index is -3.48. The molecule has 1 aliphatic heterocycles. The van der Waals surface area contributed by atoms with E-state index in [-0.39, 0.29) is 0 Å². The molecule has 4 rings (SSSR count). The molecule has 1 saturated heterocycles. The first-order chi connectivity index (χ1) is 16.0. The predicted molar refractivity (Wildman–Crippen MR) is 125 cm³/mol. The van der Waals surface area contributed by atoms with E-state index in [2.05, 4.69) is 15.2 Å². The molecular formula is C23H29N5O4S. The van der Waals surface area contributed by atoms with Crippen molar-refractivity contribution in [1.29, 1.82) is 0 Å². The van der Waals surface area contributed by atoms with Crippen LogP contribution in [0.5, 0.6) is 11.5 Å². The van der Waals surface area contributed by atoms with E-state index in [9.17, 15) is 8.42 Å². The van der Waals surface area contributed by atoms with Crippen molar-refractivity contribution in [1.82, 2.24) is 24.2 Å². The quantitative estimate of drug-likeness (QED) is 0.473. The summed E-state index contributed by atoms with van der Waals surface area (Å²) in [5.74, 6) is 1.43. The molecular weight excluding hydrogens is 442 g/mol. The summed E-state index contributed by atoms with van der Waals surface area (Å²) in [6, 6.07) is 14.3. The van der Waals surface area contributed by atoms with Gasteiger partial charge >= 0.3 is 0 Å². The van der Waals surface area contributed by atoms with Crippen molar-refractivity contribution in [2.75, 3.05) is 46.9 Å². The van der Waals surface area contributed by atoms with Gasteiger partial charge in [0.2, 0.25) is 10.0 Å². The molecule has 10 heteroatoms. The van der Waals surface area contributed by atoms with Crippen molar-refractivity contribution >= 4 is 10.0 Å². The minimum Gasteiger partial charge on any atom is -0.497 e. The van der Waals surface area contributed by atoms with E-state index in [0.29, 0.717) is 36.8 Å². The number of ether oxygens (including phenoxy) is 2. The van der Waals surface area contributed by atoms with Gasteiger partial charge in [-0.05, 0) is 42.8 Å². The van der Waals surface area contributed by atoms with Crippen molar-refractivity contribution in [3.8, 4) is 22.8 Å². The number of benzene rings is 2. The third-order valence-corrected chi connectivity index (χ3v) is 7.71. The second kappa shape index (κ2) is 10.3. The maximum Gasteiger partial charge on any atom is 0.243 e. The van der Waals surface area contributed by atoms with E-state index >= 15 is 0 Å².